The van der Waals surface area contributed by atoms with Crippen molar-refractivity contribution in [1.82, 2.24) is 9.78 Å². The number of sulfone groups is 1. The molecule has 2 aromatic rings. The normalized spacial score (nSPS) is 12.1. The van der Waals surface area contributed by atoms with Crippen molar-refractivity contribution >= 4 is 16.0 Å². The van der Waals surface area contributed by atoms with Crippen molar-refractivity contribution in [3.05, 3.63) is 54.4 Å². The molecule has 0 N–H and O–H groups in total. The van der Waals surface area contributed by atoms with E-state index in [-0.39, 0.29) is 5.75 Å². The number of hydrogen-bond acceptors (Lipinski definition) is 3. The fraction of sp³-hybridized carbons (Fsp3) is 0.154. The van der Waals surface area contributed by atoms with Gasteiger partial charge in [0.25, 0.3) is 0 Å². The second kappa shape index (κ2) is 5.18. The van der Waals surface area contributed by atoms with E-state index < -0.39 is 9.84 Å². The maximum Gasteiger partial charge on any atom is 0.181 e. The number of rotatable bonds is 4. The second-order valence-electron chi connectivity index (χ2n) is 3.97. The van der Waals surface area contributed by atoms with Gasteiger partial charge < -0.3 is 0 Å². The van der Waals surface area contributed by atoms with E-state index in [1.165, 1.54) is 0 Å². The first-order valence-electron chi connectivity index (χ1n) is 5.53. The Morgan fingerprint density at radius 3 is 2.61 bits per heavy atom. The van der Waals surface area contributed by atoms with Crippen LogP contribution in [-0.2, 0) is 9.84 Å². The molecule has 0 fully saturated rings. The Labute approximate surface area is 106 Å². The summed E-state index contributed by atoms with van der Waals surface area (Å²) in [7, 11) is -3.26. The van der Waals surface area contributed by atoms with E-state index >= 15 is 0 Å². The van der Waals surface area contributed by atoms with Crippen LogP contribution < -0.4 is 0 Å². The van der Waals surface area contributed by atoms with Crippen molar-refractivity contribution in [1.29, 1.82) is 0 Å². The van der Waals surface area contributed by atoms with Crippen molar-refractivity contribution in [2.45, 2.75) is 11.8 Å². The molecule has 18 heavy (non-hydrogen) atoms. The van der Waals surface area contributed by atoms with Crippen LogP contribution >= 0.6 is 0 Å². The van der Waals surface area contributed by atoms with Gasteiger partial charge in [-0.15, -0.1) is 0 Å². The van der Waals surface area contributed by atoms with Gasteiger partial charge >= 0.3 is 0 Å². The summed E-state index contributed by atoms with van der Waals surface area (Å²) in [5, 5.41) is 3.96. The van der Waals surface area contributed by atoms with Crippen LogP contribution in [-0.4, -0.2) is 24.0 Å². The molecule has 94 valence electrons. The molecule has 0 spiro atoms. The summed E-state index contributed by atoms with van der Waals surface area (Å²) in [6, 6.07) is 8.63. The number of aromatic nitrogens is 2. The monoisotopic (exact) mass is 262 g/mol. The van der Waals surface area contributed by atoms with E-state index in [2.05, 4.69) is 5.10 Å². The molecule has 5 heteroatoms. The average molecular weight is 262 g/mol. The van der Waals surface area contributed by atoms with E-state index in [0.29, 0.717) is 4.90 Å². The number of aryl methyl sites for hydroxylation is 1. The molecule has 2 rings (SSSR count). The van der Waals surface area contributed by atoms with Crippen molar-refractivity contribution in [2.24, 2.45) is 0 Å². The Morgan fingerprint density at radius 1 is 1.28 bits per heavy atom. The maximum absolute atomic E-state index is 12.0. The molecule has 0 amide bonds. The minimum atomic E-state index is -3.26. The summed E-state index contributed by atoms with van der Waals surface area (Å²) < 4.78 is 25.5. The largest absolute Gasteiger partial charge is 0.249 e. The third-order valence-electron chi connectivity index (χ3n) is 2.48. The predicted octanol–water partition coefficient (Wildman–Crippen LogP) is 2.14. The minimum absolute atomic E-state index is 0.0318. The lowest BCUT2D eigenvalue weighted by atomic mass is 10.2. The van der Waals surface area contributed by atoms with Gasteiger partial charge in [0.05, 0.1) is 10.6 Å². The van der Waals surface area contributed by atoms with Gasteiger partial charge in [-0.25, -0.2) is 13.1 Å². The number of nitrogens with zero attached hydrogens (tertiary/aromatic N) is 2. The second-order valence-corrected chi connectivity index (χ2v) is 6.00. The highest BCUT2D eigenvalue weighted by Gasteiger charge is 2.11. The van der Waals surface area contributed by atoms with Gasteiger partial charge in [-0.3, -0.25) is 0 Å². The van der Waals surface area contributed by atoms with E-state index in [1.54, 1.807) is 59.7 Å². The molecule has 0 aliphatic rings. The topological polar surface area (TPSA) is 52.0 Å². The van der Waals surface area contributed by atoms with Crippen molar-refractivity contribution in [3.63, 3.8) is 0 Å². The summed E-state index contributed by atoms with van der Waals surface area (Å²) in [4.78, 5) is 0.346. The molecular formula is C13H14N2O2S. The Balaban J connectivity index is 2.10. The lowest BCUT2D eigenvalue weighted by molar-refractivity contribution is 0.599. The zero-order valence-electron chi connectivity index (χ0n) is 10.0. The molecule has 0 bridgehead atoms. The lowest BCUT2D eigenvalue weighted by Gasteiger charge is -2.01. The third-order valence-corrected chi connectivity index (χ3v) is 4.10. The molecule has 1 heterocycles. The molecule has 0 aliphatic carbocycles. The molecule has 0 atom stereocenters. The zero-order valence-corrected chi connectivity index (χ0v) is 10.8. The first-order valence-corrected chi connectivity index (χ1v) is 7.18. The van der Waals surface area contributed by atoms with Gasteiger partial charge in [0.1, 0.15) is 0 Å². The first kappa shape index (κ1) is 12.6. The van der Waals surface area contributed by atoms with E-state index in [4.69, 9.17) is 0 Å². The van der Waals surface area contributed by atoms with Crippen LogP contribution in [0.25, 0.3) is 6.20 Å². The zero-order chi connectivity index (χ0) is 13.0. The Morgan fingerprint density at radius 2 is 2.00 bits per heavy atom. The summed E-state index contributed by atoms with van der Waals surface area (Å²) in [5.41, 5.74) is 1.04. The Bertz CT molecular complexity index is 626. The summed E-state index contributed by atoms with van der Waals surface area (Å²) in [6.07, 6.45) is 6.60. The predicted molar refractivity (Wildman–Crippen MR) is 70.8 cm³/mol. The van der Waals surface area contributed by atoms with Gasteiger partial charge in [-0.05, 0) is 25.1 Å². The van der Waals surface area contributed by atoms with E-state index in [1.807, 2.05) is 6.92 Å². The fourth-order valence-corrected chi connectivity index (χ4v) is 2.57. The van der Waals surface area contributed by atoms with Crippen LogP contribution in [0.5, 0.6) is 0 Å². The molecular weight excluding hydrogens is 248 g/mol. The minimum Gasteiger partial charge on any atom is -0.249 e. The smallest absolute Gasteiger partial charge is 0.181 e. The van der Waals surface area contributed by atoms with Crippen LogP contribution in [0.1, 0.15) is 5.56 Å². The van der Waals surface area contributed by atoms with Crippen molar-refractivity contribution < 1.29 is 8.42 Å². The van der Waals surface area contributed by atoms with Crippen molar-refractivity contribution in [3.8, 4) is 0 Å². The molecule has 0 saturated carbocycles. The Hall–Kier alpha value is -1.88. The highest BCUT2D eigenvalue weighted by Crippen LogP contribution is 2.12. The molecule has 0 aliphatic heterocycles. The van der Waals surface area contributed by atoms with Crippen LogP contribution in [0.2, 0.25) is 0 Å². The van der Waals surface area contributed by atoms with Crippen LogP contribution in [0.3, 0.4) is 0 Å². The van der Waals surface area contributed by atoms with Gasteiger partial charge in [0.2, 0.25) is 0 Å². The van der Waals surface area contributed by atoms with Crippen molar-refractivity contribution in [2.75, 3.05) is 5.75 Å². The average Bonchev–Trinajstić information content (AvgIpc) is 2.82. The van der Waals surface area contributed by atoms with Crippen LogP contribution in [0.15, 0.2) is 53.7 Å². The maximum atomic E-state index is 12.0. The molecule has 0 saturated heterocycles. The quantitative estimate of drug-likeness (QED) is 0.848. The van der Waals surface area contributed by atoms with Gasteiger partial charge in [0.15, 0.2) is 9.84 Å². The standard InChI is InChI=1S/C13H14N2O2S/c1-12-4-6-13(7-5-12)18(16,17)11-3-10-15-9-2-8-14-15/h2-10H,11H2,1H3/b10-3+. The molecule has 1 aromatic heterocycles. The summed E-state index contributed by atoms with van der Waals surface area (Å²) in [6.45, 7) is 1.92. The van der Waals surface area contributed by atoms with Gasteiger partial charge in [-0.2, -0.15) is 5.10 Å². The van der Waals surface area contributed by atoms with E-state index in [9.17, 15) is 8.42 Å². The molecule has 4 nitrogen and oxygen atoms in total. The molecule has 0 radical (unpaired) electrons. The first-order chi connectivity index (χ1) is 8.58. The number of benzene rings is 1. The highest BCUT2D eigenvalue weighted by atomic mass is 32.2. The Kier molecular flexibility index (Phi) is 3.62. The lowest BCUT2D eigenvalue weighted by Crippen LogP contribution is -2.04. The van der Waals surface area contributed by atoms with Crippen LogP contribution in [0, 0.1) is 6.92 Å². The molecule has 1 aromatic carbocycles. The molecule has 0 unspecified atom stereocenters. The number of hydrogen-bond donors (Lipinski definition) is 0. The summed E-state index contributed by atoms with van der Waals surface area (Å²) in [5.74, 6) is -0.0318. The van der Waals surface area contributed by atoms with Gasteiger partial charge in [0, 0.05) is 18.6 Å². The highest BCUT2D eigenvalue weighted by molar-refractivity contribution is 7.91. The van der Waals surface area contributed by atoms with Crippen LogP contribution in [0.4, 0.5) is 0 Å². The SMILES string of the molecule is Cc1ccc(S(=O)(=O)C/C=C/n2cccn2)cc1. The summed E-state index contributed by atoms with van der Waals surface area (Å²) >= 11 is 0. The van der Waals surface area contributed by atoms with Gasteiger partial charge in [-0.1, -0.05) is 23.8 Å². The van der Waals surface area contributed by atoms with E-state index in [0.717, 1.165) is 5.56 Å². The fourth-order valence-electron chi connectivity index (χ4n) is 1.49. The third kappa shape index (κ3) is 3.07.